The molecule has 1 N–H and O–H groups in total. The zero-order valence-electron chi connectivity index (χ0n) is 15.6. The molecule has 1 aromatic carbocycles. The molecule has 1 unspecified atom stereocenters. The summed E-state index contributed by atoms with van der Waals surface area (Å²) in [5, 5.41) is 2.91. The number of anilines is 1. The minimum absolute atomic E-state index is 0.0326. The highest BCUT2D eigenvalue weighted by molar-refractivity contribution is 5.92. The number of benzene rings is 1. The third kappa shape index (κ3) is 4.35. The van der Waals surface area contributed by atoms with Gasteiger partial charge in [-0.05, 0) is 44.4 Å². The standard InChI is InChI=1S/C20H27N3O4/c24-19(21-16-4-5-17-18(12-16)27-11-10-26-17)14-22-9-6-15(13-22)20(25)23-7-2-1-3-8-23/h4-5,12,15H,1-3,6-11,13-14H2,(H,21,24). The molecule has 0 saturated carbocycles. The van der Waals surface area contributed by atoms with Crippen molar-refractivity contribution in [3.05, 3.63) is 18.2 Å². The molecule has 2 amide bonds. The Bertz CT molecular complexity index is 702. The van der Waals surface area contributed by atoms with E-state index >= 15 is 0 Å². The molecule has 2 saturated heterocycles. The van der Waals surface area contributed by atoms with Gasteiger partial charge in [-0.15, -0.1) is 0 Å². The van der Waals surface area contributed by atoms with Crippen LogP contribution in [-0.2, 0) is 9.59 Å². The Morgan fingerprint density at radius 1 is 1.04 bits per heavy atom. The van der Waals surface area contributed by atoms with Crippen molar-refractivity contribution in [3.63, 3.8) is 0 Å². The molecular formula is C20H27N3O4. The first-order chi connectivity index (χ1) is 13.2. The Kier molecular flexibility index (Phi) is 5.48. The predicted molar refractivity (Wildman–Crippen MR) is 101 cm³/mol. The van der Waals surface area contributed by atoms with Crippen LogP contribution >= 0.6 is 0 Å². The molecule has 3 heterocycles. The molecule has 1 atom stereocenters. The van der Waals surface area contributed by atoms with E-state index in [9.17, 15) is 9.59 Å². The third-order valence-corrected chi connectivity index (χ3v) is 5.48. The minimum atomic E-state index is -0.0715. The fourth-order valence-corrected chi connectivity index (χ4v) is 4.08. The third-order valence-electron chi connectivity index (χ3n) is 5.48. The number of hydrogen-bond acceptors (Lipinski definition) is 5. The van der Waals surface area contributed by atoms with Crippen LogP contribution in [0.15, 0.2) is 18.2 Å². The lowest BCUT2D eigenvalue weighted by Gasteiger charge is -2.29. The number of nitrogens with one attached hydrogen (secondary N) is 1. The van der Waals surface area contributed by atoms with Crippen LogP contribution in [0.2, 0.25) is 0 Å². The molecular weight excluding hydrogens is 346 g/mol. The highest BCUT2D eigenvalue weighted by atomic mass is 16.6. The van der Waals surface area contributed by atoms with Gasteiger partial charge in [0.05, 0.1) is 12.5 Å². The second-order valence-corrected chi connectivity index (χ2v) is 7.51. The first-order valence-corrected chi connectivity index (χ1v) is 9.90. The number of hydrogen-bond donors (Lipinski definition) is 1. The van der Waals surface area contributed by atoms with Crippen molar-refractivity contribution in [2.45, 2.75) is 25.7 Å². The minimum Gasteiger partial charge on any atom is -0.486 e. The summed E-state index contributed by atoms with van der Waals surface area (Å²) in [6.45, 7) is 4.61. The van der Waals surface area contributed by atoms with Crippen LogP contribution in [-0.4, -0.2) is 67.6 Å². The Balaban J connectivity index is 1.27. The molecule has 3 aliphatic heterocycles. The molecule has 3 aliphatic rings. The summed E-state index contributed by atoms with van der Waals surface area (Å²) in [6, 6.07) is 5.42. The maximum absolute atomic E-state index is 12.6. The number of rotatable bonds is 4. The highest BCUT2D eigenvalue weighted by Gasteiger charge is 2.32. The maximum Gasteiger partial charge on any atom is 0.238 e. The van der Waals surface area contributed by atoms with Gasteiger partial charge >= 0.3 is 0 Å². The van der Waals surface area contributed by atoms with Gasteiger partial charge in [0, 0.05) is 31.4 Å². The Morgan fingerprint density at radius 3 is 2.63 bits per heavy atom. The number of amides is 2. The van der Waals surface area contributed by atoms with E-state index in [2.05, 4.69) is 10.2 Å². The van der Waals surface area contributed by atoms with E-state index in [4.69, 9.17) is 9.47 Å². The quantitative estimate of drug-likeness (QED) is 0.870. The average molecular weight is 373 g/mol. The van der Waals surface area contributed by atoms with Gasteiger partial charge < -0.3 is 19.7 Å². The Labute approximate surface area is 159 Å². The molecule has 4 rings (SSSR count). The monoisotopic (exact) mass is 373 g/mol. The Morgan fingerprint density at radius 2 is 1.81 bits per heavy atom. The number of carbonyl (C=O) groups is 2. The summed E-state index contributed by atoms with van der Waals surface area (Å²) < 4.78 is 11.0. The molecule has 0 radical (unpaired) electrons. The van der Waals surface area contributed by atoms with E-state index in [1.165, 1.54) is 6.42 Å². The van der Waals surface area contributed by atoms with Gasteiger partial charge in [0.15, 0.2) is 11.5 Å². The molecule has 0 spiro atoms. The van der Waals surface area contributed by atoms with Gasteiger partial charge in [-0.25, -0.2) is 0 Å². The van der Waals surface area contributed by atoms with Crippen molar-refractivity contribution in [2.75, 3.05) is 51.3 Å². The van der Waals surface area contributed by atoms with E-state index in [0.717, 1.165) is 38.9 Å². The summed E-state index contributed by atoms with van der Waals surface area (Å²) in [5.41, 5.74) is 0.699. The van der Waals surface area contributed by atoms with Gasteiger partial charge in [0.2, 0.25) is 11.8 Å². The fourth-order valence-electron chi connectivity index (χ4n) is 4.08. The van der Waals surface area contributed by atoms with E-state index in [1.807, 2.05) is 17.0 Å². The zero-order chi connectivity index (χ0) is 18.6. The number of ether oxygens (including phenoxy) is 2. The van der Waals surface area contributed by atoms with Crippen LogP contribution in [0.3, 0.4) is 0 Å². The smallest absolute Gasteiger partial charge is 0.238 e. The number of fused-ring (bicyclic) bond motifs is 1. The largest absolute Gasteiger partial charge is 0.486 e. The van der Waals surface area contributed by atoms with Gasteiger partial charge in [-0.3, -0.25) is 14.5 Å². The SMILES string of the molecule is O=C(CN1CCC(C(=O)N2CCCCC2)C1)Nc1ccc2c(c1)OCCO2. The molecule has 2 fully saturated rings. The second-order valence-electron chi connectivity index (χ2n) is 7.51. The fraction of sp³-hybridized carbons (Fsp3) is 0.600. The van der Waals surface area contributed by atoms with E-state index < -0.39 is 0 Å². The first kappa shape index (κ1) is 18.1. The van der Waals surface area contributed by atoms with E-state index in [0.29, 0.717) is 43.5 Å². The van der Waals surface area contributed by atoms with Crippen molar-refractivity contribution in [3.8, 4) is 11.5 Å². The van der Waals surface area contributed by atoms with Crippen molar-refractivity contribution in [2.24, 2.45) is 5.92 Å². The summed E-state index contributed by atoms with van der Waals surface area (Å²) >= 11 is 0. The van der Waals surface area contributed by atoms with Crippen LogP contribution in [0.1, 0.15) is 25.7 Å². The van der Waals surface area contributed by atoms with Crippen molar-refractivity contribution in [1.82, 2.24) is 9.80 Å². The predicted octanol–water partition coefficient (Wildman–Crippen LogP) is 1.73. The van der Waals surface area contributed by atoms with Crippen LogP contribution < -0.4 is 14.8 Å². The molecule has 27 heavy (non-hydrogen) atoms. The van der Waals surface area contributed by atoms with Gasteiger partial charge in [0.25, 0.3) is 0 Å². The van der Waals surface area contributed by atoms with Gasteiger partial charge in [0.1, 0.15) is 13.2 Å². The van der Waals surface area contributed by atoms with Crippen molar-refractivity contribution in [1.29, 1.82) is 0 Å². The molecule has 1 aromatic rings. The molecule has 7 nitrogen and oxygen atoms in total. The Hall–Kier alpha value is -2.28. The highest BCUT2D eigenvalue weighted by Crippen LogP contribution is 2.32. The number of nitrogens with zero attached hydrogens (tertiary/aromatic N) is 2. The van der Waals surface area contributed by atoms with Gasteiger partial charge in [-0.2, -0.15) is 0 Å². The van der Waals surface area contributed by atoms with Gasteiger partial charge in [-0.1, -0.05) is 0 Å². The van der Waals surface area contributed by atoms with Crippen LogP contribution in [0, 0.1) is 5.92 Å². The number of carbonyl (C=O) groups excluding carboxylic acids is 2. The normalized spacial score (nSPS) is 22.5. The molecule has 146 valence electrons. The molecule has 0 aromatic heterocycles. The number of likely N-dealkylation sites (tertiary alicyclic amines) is 2. The summed E-state index contributed by atoms with van der Waals surface area (Å²) in [5.74, 6) is 1.60. The summed E-state index contributed by atoms with van der Waals surface area (Å²) in [6.07, 6.45) is 4.29. The lowest BCUT2D eigenvalue weighted by atomic mass is 10.0. The van der Waals surface area contributed by atoms with Crippen LogP contribution in [0.5, 0.6) is 11.5 Å². The van der Waals surface area contributed by atoms with Crippen molar-refractivity contribution >= 4 is 17.5 Å². The topological polar surface area (TPSA) is 71.1 Å². The number of piperidine rings is 1. The molecule has 0 bridgehead atoms. The molecule has 7 heteroatoms. The first-order valence-electron chi connectivity index (χ1n) is 9.90. The van der Waals surface area contributed by atoms with E-state index in [-0.39, 0.29) is 17.7 Å². The van der Waals surface area contributed by atoms with Crippen molar-refractivity contribution < 1.29 is 19.1 Å². The lowest BCUT2D eigenvalue weighted by molar-refractivity contribution is -0.136. The second kappa shape index (κ2) is 8.17. The summed E-state index contributed by atoms with van der Waals surface area (Å²) in [4.78, 5) is 29.1. The van der Waals surface area contributed by atoms with E-state index in [1.54, 1.807) is 6.07 Å². The summed E-state index contributed by atoms with van der Waals surface area (Å²) in [7, 11) is 0. The van der Waals surface area contributed by atoms with Crippen LogP contribution in [0.4, 0.5) is 5.69 Å². The maximum atomic E-state index is 12.6. The average Bonchev–Trinajstić information content (AvgIpc) is 3.16. The zero-order valence-corrected chi connectivity index (χ0v) is 15.6. The lowest BCUT2D eigenvalue weighted by Crippen LogP contribution is -2.41. The molecule has 0 aliphatic carbocycles. The van der Waals surface area contributed by atoms with Crippen LogP contribution in [0.25, 0.3) is 0 Å².